The number of hydrogen-bond donors (Lipinski definition) is 2. The van der Waals surface area contributed by atoms with E-state index in [4.69, 9.17) is 4.74 Å². The molecular formula is C36H35N3O5. The van der Waals surface area contributed by atoms with Crippen LogP contribution in [0.1, 0.15) is 63.4 Å². The van der Waals surface area contributed by atoms with Crippen LogP contribution in [0.25, 0.3) is 10.9 Å². The van der Waals surface area contributed by atoms with Gasteiger partial charge in [0.15, 0.2) is 0 Å². The van der Waals surface area contributed by atoms with Crippen molar-refractivity contribution in [3.8, 4) is 5.75 Å². The summed E-state index contributed by atoms with van der Waals surface area (Å²) < 4.78 is 9.92. The Morgan fingerprint density at radius 1 is 0.886 bits per heavy atom. The van der Waals surface area contributed by atoms with Gasteiger partial charge >= 0.3 is 5.97 Å². The molecule has 0 aliphatic heterocycles. The summed E-state index contributed by atoms with van der Waals surface area (Å²) in [4.78, 5) is 38.9. The largest absolute Gasteiger partial charge is 0.492 e. The van der Waals surface area contributed by atoms with E-state index >= 15 is 0 Å². The van der Waals surface area contributed by atoms with Gasteiger partial charge in [-0.05, 0) is 61.7 Å². The Balaban J connectivity index is 1.22. The minimum atomic E-state index is -1.24. The van der Waals surface area contributed by atoms with E-state index in [1.54, 1.807) is 6.07 Å². The molecular weight excluding hydrogens is 554 g/mol. The molecule has 0 spiro atoms. The van der Waals surface area contributed by atoms with Crippen LogP contribution >= 0.6 is 0 Å². The highest BCUT2D eigenvalue weighted by atomic mass is 16.5. The summed E-state index contributed by atoms with van der Waals surface area (Å²) in [6, 6.07) is 28.6. The number of carboxylic acid groups (broad SMARTS) is 1. The molecule has 224 valence electrons. The SMILES string of the molecule is Cc1ccc(C(=O)c2cccn2CCOc2ccc3c(c2)cc(C(=O)NC2(C(=O)O)CCCC2)n3Cc2ccccc2)cc1. The fourth-order valence-electron chi connectivity index (χ4n) is 6.05. The maximum Gasteiger partial charge on any atom is 0.329 e. The molecule has 3 aromatic carbocycles. The van der Waals surface area contributed by atoms with Gasteiger partial charge in [-0.25, -0.2) is 4.79 Å². The number of carboxylic acids is 1. The van der Waals surface area contributed by atoms with Crippen molar-refractivity contribution in [3.63, 3.8) is 0 Å². The first kappa shape index (κ1) is 29.0. The van der Waals surface area contributed by atoms with Gasteiger partial charge in [0.25, 0.3) is 5.91 Å². The number of nitrogens with zero attached hydrogens (tertiary/aromatic N) is 2. The van der Waals surface area contributed by atoms with Crippen LogP contribution in [0, 0.1) is 6.92 Å². The van der Waals surface area contributed by atoms with Crippen LogP contribution in [0.4, 0.5) is 0 Å². The zero-order valence-electron chi connectivity index (χ0n) is 24.7. The molecule has 5 aromatic rings. The van der Waals surface area contributed by atoms with Crippen molar-refractivity contribution >= 4 is 28.6 Å². The van der Waals surface area contributed by atoms with E-state index in [0.29, 0.717) is 55.2 Å². The van der Waals surface area contributed by atoms with Crippen molar-refractivity contribution < 1.29 is 24.2 Å². The van der Waals surface area contributed by atoms with Crippen molar-refractivity contribution in [2.75, 3.05) is 6.61 Å². The molecule has 2 heterocycles. The lowest BCUT2D eigenvalue weighted by Crippen LogP contribution is -2.52. The van der Waals surface area contributed by atoms with Crippen molar-refractivity contribution in [1.29, 1.82) is 0 Å². The molecule has 2 N–H and O–H groups in total. The number of fused-ring (bicyclic) bond motifs is 1. The third kappa shape index (κ3) is 5.88. The number of carbonyl (C=O) groups is 3. The second-order valence-electron chi connectivity index (χ2n) is 11.5. The number of benzene rings is 3. The topological polar surface area (TPSA) is 103 Å². The number of hydrogen-bond acceptors (Lipinski definition) is 4. The number of aromatic nitrogens is 2. The number of carbonyl (C=O) groups excluding carboxylic acids is 2. The van der Waals surface area contributed by atoms with Gasteiger partial charge in [-0.3, -0.25) is 9.59 Å². The van der Waals surface area contributed by atoms with Crippen LogP contribution < -0.4 is 10.1 Å². The number of nitrogens with one attached hydrogen (secondary N) is 1. The van der Waals surface area contributed by atoms with E-state index in [9.17, 15) is 19.5 Å². The molecule has 0 radical (unpaired) electrons. The second kappa shape index (κ2) is 12.2. The first-order valence-electron chi connectivity index (χ1n) is 15.0. The molecule has 0 unspecified atom stereocenters. The fraction of sp³-hybridized carbons (Fsp3) is 0.250. The van der Waals surface area contributed by atoms with Gasteiger partial charge in [0.2, 0.25) is 5.78 Å². The standard InChI is InChI=1S/C36H35N3O5/c1-25-11-13-27(14-12-25)33(40)31-10-7-19-38(31)20-21-44-29-15-16-30-28(22-29)23-32(39(30)24-26-8-3-2-4-9-26)34(41)37-36(35(42)43)17-5-6-18-36/h2-4,7-16,19,22-23H,5-6,17-18,20-21,24H2,1H3,(H,37,41)(H,42,43). The van der Waals surface area contributed by atoms with E-state index in [0.717, 1.165) is 34.9 Å². The fourth-order valence-corrected chi connectivity index (χ4v) is 6.05. The third-order valence-corrected chi connectivity index (χ3v) is 8.49. The molecule has 1 aliphatic carbocycles. The van der Waals surface area contributed by atoms with Gasteiger partial charge in [-0.1, -0.05) is 73.0 Å². The second-order valence-corrected chi connectivity index (χ2v) is 11.5. The first-order chi connectivity index (χ1) is 21.3. The van der Waals surface area contributed by atoms with Crippen molar-refractivity contribution in [1.82, 2.24) is 14.5 Å². The average Bonchev–Trinajstić information content (AvgIpc) is 3.78. The van der Waals surface area contributed by atoms with E-state index in [-0.39, 0.29) is 5.78 Å². The van der Waals surface area contributed by atoms with Crippen molar-refractivity contribution in [3.05, 3.63) is 125 Å². The van der Waals surface area contributed by atoms with Gasteiger partial charge in [0.05, 0.1) is 12.2 Å². The number of amides is 1. The normalized spacial score (nSPS) is 14.0. The van der Waals surface area contributed by atoms with Gasteiger partial charge in [-0.15, -0.1) is 0 Å². The molecule has 0 saturated heterocycles. The maximum atomic E-state index is 13.6. The number of aryl methyl sites for hydroxylation is 1. The molecule has 6 rings (SSSR count). The zero-order chi connectivity index (χ0) is 30.7. The van der Waals surface area contributed by atoms with Gasteiger partial charge < -0.3 is 24.3 Å². The lowest BCUT2D eigenvalue weighted by molar-refractivity contribution is -0.144. The Morgan fingerprint density at radius 3 is 2.36 bits per heavy atom. The number of aliphatic carboxylic acids is 1. The van der Waals surface area contributed by atoms with Crippen LogP contribution in [-0.4, -0.2) is 44.0 Å². The first-order valence-corrected chi connectivity index (χ1v) is 15.0. The summed E-state index contributed by atoms with van der Waals surface area (Å²) in [5.74, 6) is -0.791. The quantitative estimate of drug-likeness (QED) is 0.178. The summed E-state index contributed by atoms with van der Waals surface area (Å²) in [6.45, 7) is 3.27. The van der Waals surface area contributed by atoms with Crippen LogP contribution in [0.2, 0.25) is 0 Å². The molecule has 2 aromatic heterocycles. The minimum Gasteiger partial charge on any atom is -0.492 e. The Kier molecular flexibility index (Phi) is 8.07. The van der Waals surface area contributed by atoms with Gasteiger partial charge in [-0.2, -0.15) is 0 Å². The third-order valence-electron chi connectivity index (χ3n) is 8.49. The monoisotopic (exact) mass is 589 g/mol. The molecule has 1 saturated carbocycles. The number of ether oxygens (including phenoxy) is 1. The molecule has 44 heavy (non-hydrogen) atoms. The summed E-state index contributed by atoms with van der Waals surface area (Å²) in [5, 5.41) is 13.6. The molecule has 8 heteroatoms. The Labute approximate surface area is 255 Å². The van der Waals surface area contributed by atoms with Crippen molar-refractivity contribution in [2.45, 2.75) is 51.2 Å². The molecule has 0 bridgehead atoms. The smallest absolute Gasteiger partial charge is 0.329 e. The Morgan fingerprint density at radius 2 is 1.64 bits per heavy atom. The van der Waals surface area contributed by atoms with E-state index in [1.807, 2.05) is 107 Å². The predicted octanol–water partition coefficient (Wildman–Crippen LogP) is 6.24. The highest BCUT2D eigenvalue weighted by molar-refractivity contribution is 6.08. The molecule has 1 fully saturated rings. The highest BCUT2D eigenvalue weighted by Crippen LogP contribution is 2.32. The zero-order valence-corrected chi connectivity index (χ0v) is 24.7. The van der Waals surface area contributed by atoms with Gasteiger partial charge in [0.1, 0.15) is 23.6 Å². The minimum absolute atomic E-state index is 0.0377. The summed E-state index contributed by atoms with van der Waals surface area (Å²) in [7, 11) is 0. The van der Waals surface area contributed by atoms with Crippen molar-refractivity contribution in [2.24, 2.45) is 0 Å². The summed E-state index contributed by atoms with van der Waals surface area (Å²) >= 11 is 0. The average molecular weight is 590 g/mol. The molecule has 1 amide bonds. The Bertz CT molecular complexity index is 1810. The lowest BCUT2D eigenvalue weighted by atomic mass is 9.97. The van der Waals surface area contributed by atoms with E-state index in [1.165, 1.54) is 0 Å². The van der Waals surface area contributed by atoms with E-state index < -0.39 is 17.4 Å². The number of rotatable bonds is 11. The van der Waals surface area contributed by atoms with Crippen LogP contribution in [0.15, 0.2) is 97.2 Å². The van der Waals surface area contributed by atoms with E-state index in [2.05, 4.69) is 5.32 Å². The molecule has 1 aliphatic rings. The summed E-state index contributed by atoms with van der Waals surface area (Å²) in [6.07, 6.45) is 4.25. The lowest BCUT2D eigenvalue weighted by Gasteiger charge is -2.25. The maximum absolute atomic E-state index is 13.6. The predicted molar refractivity (Wildman–Crippen MR) is 168 cm³/mol. The Hall–Kier alpha value is -5.11. The van der Waals surface area contributed by atoms with Crippen LogP contribution in [0.5, 0.6) is 5.75 Å². The van der Waals surface area contributed by atoms with Crippen LogP contribution in [-0.2, 0) is 17.9 Å². The van der Waals surface area contributed by atoms with Gasteiger partial charge in [0, 0.05) is 29.2 Å². The highest BCUT2D eigenvalue weighted by Gasteiger charge is 2.43. The molecule has 8 nitrogen and oxygen atoms in total. The van der Waals surface area contributed by atoms with Crippen LogP contribution in [0.3, 0.4) is 0 Å². The summed E-state index contributed by atoms with van der Waals surface area (Å²) in [5.41, 5.74) is 3.38. The molecule has 0 atom stereocenters. The number of ketones is 1.